The molecule has 1 amide bonds. The Bertz CT molecular complexity index is 517. The summed E-state index contributed by atoms with van der Waals surface area (Å²) in [6.07, 6.45) is 1.80. The number of nitrogens with zero attached hydrogens (tertiary/aromatic N) is 2. The van der Waals surface area contributed by atoms with Gasteiger partial charge < -0.3 is 10.4 Å². The number of nitrogens with one attached hydrogen (secondary N) is 1. The van der Waals surface area contributed by atoms with Crippen LogP contribution < -0.4 is 5.32 Å². The Morgan fingerprint density at radius 1 is 1.45 bits per heavy atom. The summed E-state index contributed by atoms with van der Waals surface area (Å²) in [7, 11) is 0. The van der Waals surface area contributed by atoms with Gasteiger partial charge in [-0.3, -0.25) is 9.59 Å². The van der Waals surface area contributed by atoms with E-state index in [1.807, 2.05) is 19.9 Å². The number of carbonyl (C=O) groups is 2. The second-order valence-corrected chi connectivity index (χ2v) is 4.92. The highest BCUT2D eigenvalue weighted by Gasteiger charge is 2.20. The lowest BCUT2D eigenvalue weighted by Gasteiger charge is -2.15. The molecule has 1 atom stereocenters. The summed E-state index contributed by atoms with van der Waals surface area (Å²) < 4.78 is 0. The largest absolute Gasteiger partial charge is 0.481 e. The van der Waals surface area contributed by atoms with Crippen molar-refractivity contribution in [2.45, 2.75) is 20.3 Å². The van der Waals surface area contributed by atoms with Crippen molar-refractivity contribution >= 4 is 11.9 Å². The maximum absolute atomic E-state index is 11.8. The first-order chi connectivity index (χ1) is 9.43. The van der Waals surface area contributed by atoms with E-state index in [4.69, 9.17) is 10.4 Å². The summed E-state index contributed by atoms with van der Waals surface area (Å²) >= 11 is 0. The number of hydrogen-bond acceptors (Lipinski definition) is 4. The van der Waals surface area contributed by atoms with Gasteiger partial charge in [-0.05, 0) is 24.5 Å². The predicted octanol–water partition coefficient (Wildman–Crippen LogP) is 1.43. The highest BCUT2D eigenvalue weighted by Crippen LogP contribution is 2.11. The molecule has 0 bridgehead atoms. The molecular formula is C14H17N3O3. The fourth-order valence-corrected chi connectivity index (χ4v) is 1.74. The van der Waals surface area contributed by atoms with Crippen molar-refractivity contribution in [1.82, 2.24) is 10.3 Å². The van der Waals surface area contributed by atoms with Gasteiger partial charge in [0.05, 0.1) is 11.5 Å². The Morgan fingerprint density at radius 2 is 2.15 bits per heavy atom. The summed E-state index contributed by atoms with van der Waals surface area (Å²) in [6, 6.07) is 4.84. The number of carboxylic acids is 1. The van der Waals surface area contributed by atoms with Gasteiger partial charge in [0.15, 0.2) is 0 Å². The van der Waals surface area contributed by atoms with Crippen molar-refractivity contribution in [1.29, 1.82) is 5.26 Å². The molecule has 6 heteroatoms. The molecule has 0 aliphatic carbocycles. The Hall–Kier alpha value is -2.42. The van der Waals surface area contributed by atoms with Crippen LogP contribution in [0.4, 0.5) is 0 Å². The van der Waals surface area contributed by atoms with Crippen LogP contribution in [0.25, 0.3) is 0 Å². The monoisotopic (exact) mass is 275 g/mol. The summed E-state index contributed by atoms with van der Waals surface area (Å²) in [5.41, 5.74) is 0.530. The zero-order valence-electron chi connectivity index (χ0n) is 11.5. The second-order valence-electron chi connectivity index (χ2n) is 4.92. The number of aliphatic carboxylic acids is 1. The molecule has 0 spiro atoms. The van der Waals surface area contributed by atoms with E-state index in [1.54, 1.807) is 0 Å². The van der Waals surface area contributed by atoms with Crippen molar-refractivity contribution < 1.29 is 14.7 Å². The van der Waals surface area contributed by atoms with Crippen LogP contribution >= 0.6 is 0 Å². The van der Waals surface area contributed by atoms with E-state index in [9.17, 15) is 9.59 Å². The van der Waals surface area contributed by atoms with Crippen LogP contribution in [-0.2, 0) is 4.79 Å². The minimum Gasteiger partial charge on any atom is -0.481 e. The number of nitriles is 1. The molecule has 0 aliphatic heterocycles. The smallest absolute Gasteiger partial charge is 0.308 e. The average molecular weight is 275 g/mol. The third kappa shape index (κ3) is 4.69. The summed E-state index contributed by atoms with van der Waals surface area (Å²) in [6.45, 7) is 3.92. The van der Waals surface area contributed by atoms with E-state index < -0.39 is 17.8 Å². The number of pyridine rings is 1. The third-order valence-electron chi connectivity index (χ3n) is 2.74. The molecular weight excluding hydrogens is 258 g/mol. The molecule has 0 aromatic carbocycles. The van der Waals surface area contributed by atoms with E-state index in [1.165, 1.54) is 18.3 Å². The first-order valence-electron chi connectivity index (χ1n) is 6.31. The highest BCUT2D eigenvalue weighted by molar-refractivity contribution is 5.92. The topological polar surface area (TPSA) is 103 Å². The van der Waals surface area contributed by atoms with Crippen molar-refractivity contribution in [3.63, 3.8) is 0 Å². The molecule has 1 aromatic heterocycles. The van der Waals surface area contributed by atoms with Gasteiger partial charge in [0, 0.05) is 12.7 Å². The Balaban J connectivity index is 2.60. The number of aromatic nitrogens is 1. The van der Waals surface area contributed by atoms with Gasteiger partial charge in [-0.15, -0.1) is 0 Å². The molecule has 2 N–H and O–H groups in total. The maximum atomic E-state index is 11.8. The van der Waals surface area contributed by atoms with Gasteiger partial charge in [-0.1, -0.05) is 13.8 Å². The SMILES string of the molecule is CC(C)CC(CNC(=O)c1ccc(C#N)cn1)C(=O)O. The molecule has 0 saturated heterocycles. The van der Waals surface area contributed by atoms with Crippen LogP contribution in [-0.4, -0.2) is 28.5 Å². The maximum Gasteiger partial charge on any atom is 0.308 e. The Kier molecular flexibility index (Phi) is 5.66. The molecule has 20 heavy (non-hydrogen) atoms. The van der Waals surface area contributed by atoms with Gasteiger partial charge in [0.25, 0.3) is 5.91 Å². The lowest BCUT2D eigenvalue weighted by molar-refractivity contribution is -0.142. The number of hydrogen-bond donors (Lipinski definition) is 2. The van der Waals surface area contributed by atoms with E-state index in [2.05, 4.69) is 10.3 Å². The van der Waals surface area contributed by atoms with E-state index >= 15 is 0 Å². The Morgan fingerprint density at radius 3 is 2.60 bits per heavy atom. The molecule has 1 unspecified atom stereocenters. The fourth-order valence-electron chi connectivity index (χ4n) is 1.74. The fraction of sp³-hybridized carbons (Fsp3) is 0.429. The summed E-state index contributed by atoms with van der Waals surface area (Å²) in [5, 5.41) is 20.3. The number of rotatable bonds is 6. The van der Waals surface area contributed by atoms with Gasteiger partial charge in [0.2, 0.25) is 0 Å². The van der Waals surface area contributed by atoms with Crippen LogP contribution in [0.2, 0.25) is 0 Å². The lowest BCUT2D eigenvalue weighted by atomic mass is 9.97. The highest BCUT2D eigenvalue weighted by atomic mass is 16.4. The van der Waals surface area contributed by atoms with E-state index in [-0.39, 0.29) is 18.2 Å². The summed E-state index contributed by atoms with van der Waals surface area (Å²) in [5.74, 6) is -1.74. The normalized spacial score (nSPS) is 11.7. The van der Waals surface area contributed by atoms with Gasteiger partial charge >= 0.3 is 5.97 Å². The number of carboxylic acid groups (broad SMARTS) is 1. The number of carbonyl (C=O) groups excluding carboxylic acids is 1. The molecule has 0 fully saturated rings. The van der Waals surface area contributed by atoms with Crippen molar-refractivity contribution in [3.8, 4) is 6.07 Å². The van der Waals surface area contributed by atoms with E-state index in [0.717, 1.165) is 0 Å². The second kappa shape index (κ2) is 7.24. The molecule has 0 saturated carbocycles. The zero-order chi connectivity index (χ0) is 15.1. The molecule has 1 rings (SSSR count). The van der Waals surface area contributed by atoms with Crippen LogP contribution in [0, 0.1) is 23.2 Å². The molecule has 1 aromatic rings. The molecule has 6 nitrogen and oxygen atoms in total. The third-order valence-corrected chi connectivity index (χ3v) is 2.74. The van der Waals surface area contributed by atoms with Gasteiger partial charge in [0.1, 0.15) is 11.8 Å². The minimum absolute atomic E-state index is 0.0635. The minimum atomic E-state index is -0.924. The predicted molar refractivity (Wildman–Crippen MR) is 71.9 cm³/mol. The van der Waals surface area contributed by atoms with Gasteiger partial charge in [-0.2, -0.15) is 5.26 Å². The van der Waals surface area contributed by atoms with Crippen LogP contribution in [0.3, 0.4) is 0 Å². The quantitative estimate of drug-likeness (QED) is 0.817. The standard InChI is InChI=1S/C14H17N3O3/c1-9(2)5-11(14(19)20)8-17-13(18)12-4-3-10(6-15)7-16-12/h3-4,7,9,11H,5,8H2,1-2H3,(H,17,18)(H,19,20). The molecule has 0 aliphatic rings. The van der Waals surface area contributed by atoms with Crippen LogP contribution in [0.1, 0.15) is 36.3 Å². The molecule has 0 radical (unpaired) electrons. The first kappa shape index (κ1) is 15.6. The van der Waals surface area contributed by atoms with Crippen molar-refractivity contribution in [2.75, 3.05) is 6.54 Å². The average Bonchev–Trinajstić information content (AvgIpc) is 2.42. The van der Waals surface area contributed by atoms with Crippen molar-refractivity contribution in [3.05, 3.63) is 29.6 Å². The lowest BCUT2D eigenvalue weighted by Crippen LogP contribution is -2.34. The number of amides is 1. The van der Waals surface area contributed by atoms with Crippen LogP contribution in [0.15, 0.2) is 18.3 Å². The summed E-state index contributed by atoms with van der Waals surface area (Å²) in [4.78, 5) is 26.7. The Labute approximate surface area is 117 Å². The molecule has 106 valence electrons. The van der Waals surface area contributed by atoms with Crippen molar-refractivity contribution in [2.24, 2.45) is 11.8 Å². The molecule has 1 heterocycles. The van der Waals surface area contributed by atoms with Gasteiger partial charge in [-0.25, -0.2) is 4.98 Å². The van der Waals surface area contributed by atoms with Crippen LogP contribution in [0.5, 0.6) is 0 Å². The zero-order valence-corrected chi connectivity index (χ0v) is 11.5. The van der Waals surface area contributed by atoms with E-state index in [0.29, 0.717) is 12.0 Å². The first-order valence-corrected chi connectivity index (χ1v) is 6.31.